The van der Waals surface area contributed by atoms with Crippen molar-refractivity contribution in [2.75, 3.05) is 18.4 Å². The molecule has 0 aromatic carbocycles. The van der Waals surface area contributed by atoms with Crippen LogP contribution in [0.3, 0.4) is 0 Å². The number of carbonyl (C=O) groups is 1. The van der Waals surface area contributed by atoms with Gasteiger partial charge in [0.05, 0.1) is 5.69 Å². The summed E-state index contributed by atoms with van der Waals surface area (Å²) in [4.78, 5) is 27.8. The molecule has 1 aliphatic rings. The molecule has 1 saturated heterocycles. The molecule has 32 heavy (non-hydrogen) atoms. The van der Waals surface area contributed by atoms with E-state index in [1.165, 1.54) is 0 Å². The maximum absolute atomic E-state index is 12.8. The van der Waals surface area contributed by atoms with Crippen molar-refractivity contribution in [2.45, 2.75) is 33.1 Å². The highest BCUT2D eigenvalue weighted by Crippen LogP contribution is 2.22. The van der Waals surface area contributed by atoms with Gasteiger partial charge >= 0.3 is 0 Å². The Morgan fingerprint density at radius 3 is 2.84 bits per heavy atom. The molecule has 0 radical (unpaired) electrons. The lowest BCUT2D eigenvalue weighted by Gasteiger charge is -2.32. The van der Waals surface area contributed by atoms with Crippen LogP contribution in [0.5, 0.6) is 0 Å². The Labute approximate surface area is 188 Å². The molecule has 166 valence electrons. The van der Waals surface area contributed by atoms with Crippen molar-refractivity contribution in [3.63, 3.8) is 0 Å². The van der Waals surface area contributed by atoms with E-state index in [0.717, 1.165) is 66.6 Å². The zero-order valence-electron chi connectivity index (χ0n) is 18.8. The van der Waals surface area contributed by atoms with Crippen LogP contribution in [0.2, 0.25) is 0 Å². The maximum atomic E-state index is 12.8. The number of nitrogens with zero attached hydrogens (tertiary/aromatic N) is 6. The van der Waals surface area contributed by atoms with Crippen molar-refractivity contribution < 1.29 is 4.79 Å². The zero-order chi connectivity index (χ0) is 22.5. The van der Waals surface area contributed by atoms with E-state index < -0.39 is 0 Å². The quantitative estimate of drug-likeness (QED) is 0.601. The van der Waals surface area contributed by atoms with Crippen molar-refractivity contribution in [1.29, 1.82) is 0 Å². The molecule has 1 fully saturated rings. The number of hydrogen-bond donors (Lipinski definition) is 1. The molecule has 1 N–H and O–H groups in total. The van der Waals surface area contributed by atoms with Gasteiger partial charge < -0.3 is 10.2 Å². The van der Waals surface area contributed by atoms with Crippen molar-refractivity contribution >= 4 is 23.6 Å². The summed E-state index contributed by atoms with van der Waals surface area (Å²) in [6, 6.07) is 7.66. The number of aryl methyl sites for hydroxylation is 2. The minimum atomic E-state index is 0.0533. The van der Waals surface area contributed by atoms with Gasteiger partial charge in [0, 0.05) is 55.4 Å². The van der Waals surface area contributed by atoms with Gasteiger partial charge in [-0.3, -0.25) is 9.48 Å². The molecule has 1 atom stereocenters. The fraction of sp³-hybridized carbons (Fsp3) is 0.375. The van der Waals surface area contributed by atoms with Crippen LogP contribution in [0.1, 0.15) is 35.5 Å². The molecule has 8 nitrogen and oxygen atoms in total. The maximum Gasteiger partial charge on any atom is 0.246 e. The van der Waals surface area contributed by atoms with Gasteiger partial charge in [-0.1, -0.05) is 6.07 Å². The third-order valence-electron chi connectivity index (χ3n) is 5.93. The fourth-order valence-electron chi connectivity index (χ4n) is 4.16. The number of aromatic nitrogens is 5. The first kappa shape index (κ1) is 21.7. The largest absolute Gasteiger partial charge is 0.339 e. The van der Waals surface area contributed by atoms with Crippen LogP contribution >= 0.6 is 0 Å². The minimum Gasteiger partial charge on any atom is -0.339 e. The van der Waals surface area contributed by atoms with Gasteiger partial charge in [0.1, 0.15) is 18.0 Å². The zero-order valence-corrected chi connectivity index (χ0v) is 18.8. The summed E-state index contributed by atoms with van der Waals surface area (Å²) >= 11 is 0. The second-order valence-corrected chi connectivity index (χ2v) is 8.27. The van der Waals surface area contributed by atoms with E-state index in [1.54, 1.807) is 18.6 Å². The number of hydrogen-bond acceptors (Lipinski definition) is 6. The van der Waals surface area contributed by atoms with E-state index in [1.807, 2.05) is 60.8 Å². The van der Waals surface area contributed by atoms with Gasteiger partial charge in [0.25, 0.3) is 0 Å². The van der Waals surface area contributed by atoms with Crippen LogP contribution in [0.15, 0.2) is 42.9 Å². The SMILES string of the molecule is Cc1nn(C)c(C)c1/C=C/C(=O)N1CCC[C@H](Cc2cc(Nc3ccccn3)ncn2)C1. The Bertz CT molecular complexity index is 1110. The number of carbonyl (C=O) groups excluding carboxylic acids is 1. The Balaban J connectivity index is 1.37. The van der Waals surface area contributed by atoms with E-state index in [4.69, 9.17) is 0 Å². The average molecular weight is 432 g/mol. The second-order valence-electron chi connectivity index (χ2n) is 8.27. The van der Waals surface area contributed by atoms with Gasteiger partial charge in [-0.25, -0.2) is 15.0 Å². The number of anilines is 2. The second kappa shape index (κ2) is 9.72. The molecule has 4 rings (SSSR count). The normalized spacial score (nSPS) is 16.5. The molecule has 3 aromatic heterocycles. The molecule has 0 saturated carbocycles. The van der Waals surface area contributed by atoms with E-state index in [2.05, 4.69) is 25.4 Å². The molecule has 0 bridgehead atoms. The first-order valence-electron chi connectivity index (χ1n) is 11.0. The van der Waals surface area contributed by atoms with E-state index in [0.29, 0.717) is 5.92 Å². The molecule has 0 spiro atoms. The van der Waals surface area contributed by atoms with E-state index in [9.17, 15) is 4.79 Å². The van der Waals surface area contributed by atoms with Crippen LogP contribution in [-0.4, -0.2) is 48.6 Å². The summed E-state index contributed by atoms with van der Waals surface area (Å²) in [6.45, 7) is 5.51. The van der Waals surface area contributed by atoms with Gasteiger partial charge in [-0.2, -0.15) is 5.10 Å². The van der Waals surface area contributed by atoms with Crippen LogP contribution in [0.4, 0.5) is 11.6 Å². The summed E-state index contributed by atoms with van der Waals surface area (Å²) < 4.78 is 1.84. The van der Waals surface area contributed by atoms with Crippen molar-refractivity contribution in [3.8, 4) is 0 Å². The molecule has 3 aromatic rings. The molecule has 1 amide bonds. The summed E-state index contributed by atoms with van der Waals surface area (Å²) in [5.74, 6) is 1.90. The Morgan fingerprint density at radius 2 is 2.09 bits per heavy atom. The van der Waals surface area contributed by atoms with Gasteiger partial charge in [-0.05, 0) is 57.2 Å². The molecule has 8 heteroatoms. The topological polar surface area (TPSA) is 88.8 Å². The predicted molar refractivity (Wildman–Crippen MR) is 124 cm³/mol. The van der Waals surface area contributed by atoms with Gasteiger partial charge in [0.15, 0.2) is 0 Å². The summed E-state index contributed by atoms with van der Waals surface area (Å²) in [5.41, 5.74) is 3.98. The number of rotatable bonds is 6. The van der Waals surface area contributed by atoms with Crippen LogP contribution in [0, 0.1) is 19.8 Å². The predicted octanol–water partition coefficient (Wildman–Crippen LogP) is 3.46. The number of piperidine rings is 1. The fourth-order valence-corrected chi connectivity index (χ4v) is 4.16. The summed E-state index contributed by atoms with van der Waals surface area (Å²) in [6.07, 6.45) is 9.79. The van der Waals surface area contributed by atoms with Crippen molar-refractivity contribution in [3.05, 3.63) is 65.5 Å². The summed E-state index contributed by atoms with van der Waals surface area (Å²) in [7, 11) is 1.92. The molecular formula is C24H29N7O. The molecule has 0 unspecified atom stereocenters. The number of pyridine rings is 1. The standard InChI is InChI=1S/C24H29N7O/c1-17-21(18(2)30(3)29-17)9-10-24(32)31-12-6-7-19(15-31)13-20-14-23(27-16-26-20)28-22-8-4-5-11-25-22/h4-5,8-11,14,16,19H,6-7,12-13,15H2,1-3H3,(H,25,26,27,28)/b10-9+/t19-/m1/s1. The Morgan fingerprint density at radius 1 is 1.22 bits per heavy atom. The van der Waals surface area contributed by atoms with Crippen LogP contribution in [-0.2, 0) is 18.3 Å². The summed E-state index contributed by atoms with van der Waals surface area (Å²) in [5, 5.41) is 7.62. The first-order chi connectivity index (χ1) is 15.5. The molecular weight excluding hydrogens is 402 g/mol. The molecule has 0 aliphatic carbocycles. The third kappa shape index (κ3) is 5.19. The van der Waals surface area contributed by atoms with Gasteiger partial charge in [-0.15, -0.1) is 0 Å². The van der Waals surface area contributed by atoms with Crippen LogP contribution < -0.4 is 5.32 Å². The van der Waals surface area contributed by atoms with E-state index >= 15 is 0 Å². The average Bonchev–Trinajstić information content (AvgIpc) is 3.04. The van der Waals surface area contributed by atoms with Crippen molar-refractivity contribution in [2.24, 2.45) is 13.0 Å². The van der Waals surface area contributed by atoms with Crippen LogP contribution in [0.25, 0.3) is 6.08 Å². The number of likely N-dealkylation sites (tertiary alicyclic amines) is 1. The van der Waals surface area contributed by atoms with E-state index in [-0.39, 0.29) is 5.91 Å². The Hall–Kier alpha value is -3.55. The highest BCUT2D eigenvalue weighted by atomic mass is 16.2. The van der Waals surface area contributed by atoms with Crippen molar-refractivity contribution in [1.82, 2.24) is 29.6 Å². The minimum absolute atomic E-state index is 0.0533. The lowest BCUT2D eigenvalue weighted by molar-refractivity contribution is -0.127. The highest BCUT2D eigenvalue weighted by molar-refractivity contribution is 5.92. The third-order valence-corrected chi connectivity index (χ3v) is 5.93. The highest BCUT2D eigenvalue weighted by Gasteiger charge is 2.23. The number of amides is 1. The smallest absolute Gasteiger partial charge is 0.246 e. The monoisotopic (exact) mass is 431 g/mol. The molecule has 1 aliphatic heterocycles. The molecule has 4 heterocycles. The first-order valence-corrected chi connectivity index (χ1v) is 11.0. The lowest BCUT2D eigenvalue weighted by atomic mass is 9.93. The lowest BCUT2D eigenvalue weighted by Crippen LogP contribution is -2.39. The number of nitrogens with one attached hydrogen (secondary N) is 1. The van der Waals surface area contributed by atoms with Gasteiger partial charge in [0.2, 0.25) is 5.91 Å². The Kier molecular flexibility index (Phi) is 6.58.